The van der Waals surface area contributed by atoms with Gasteiger partial charge in [-0.25, -0.2) is 9.97 Å². The van der Waals surface area contributed by atoms with Gasteiger partial charge in [-0.1, -0.05) is 12.1 Å². The smallest absolute Gasteiger partial charge is 0.261 e. The molecule has 1 aromatic heterocycles. The average molecular weight is 407 g/mol. The van der Waals surface area contributed by atoms with E-state index in [2.05, 4.69) is 20.2 Å². The van der Waals surface area contributed by atoms with Gasteiger partial charge in [-0.05, 0) is 43.9 Å². The van der Waals surface area contributed by atoms with Crippen LogP contribution in [0.25, 0.3) is 0 Å². The number of imide groups is 1. The molecule has 2 aromatic rings. The lowest BCUT2D eigenvalue weighted by atomic mass is 10.1. The summed E-state index contributed by atoms with van der Waals surface area (Å²) in [4.78, 5) is 49.1. The number of fused-ring (bicyclic) bond motifs is 1. The maximum absolute atomic E-state index is 12.3. The van der Waals surface area contributed by atoms with Crippen molar-refractivity contribution in [3.8, 4) is 0 Å². The fourth-order valence-electron chi connectivity index (χ4n) is 3.88. The second-order valence-corrected chi connectivity index (χ2v) is 7.57. The Bertz CT molecular complexity index is 920. The van der Waals surface area contributed by atoms with Gasteiger partial charge in [0.05, 0.1) is 17.7 Å². The third-order valence-electron chi connectivity index (χ3n) is 5.48. The molecule has 8 nitrogen and oxygen atoms in total. The number of rotatable bonds is 7. The van der Waals surface area contributed by atoms with Crippen molar-refractivity contribution in [2.24, 2.45) is 0 Å². The van der Waals surface area contributed by atoms with Crippen molar-refractivity contribution in [2.45, 2.75) is 38.6 Å². The molecule has 8 heteroatoms. The molecule has 2 aliphatic heterocycles. The van der Waals surface area contributed by atoms with E-state index >= 15 is 0 Å². The van der Waals surface area contributed by atoms with E-state index in [9.17, 15) is 14.4 Å². The summed E-state index contributed by atoms with van der Waals surface area (Å²) in [5.41, 5.74) is 0.857. The van der Waals surface area contributed by atoms with E-state index < -0.39 is 0 Å². The van der Waals surface area contributed by atoms with Gasteiger partial charge >= 0.3 is 0 Å². The lowest BCUT2D eigenvalue weighted by molar-refractivity contribution is -0.121. The molecule has 0 radical (unpaired) electrons. The fraction of sp³-hybridized carbons (Fsp3) is 0.409. The highest BCUT2D eigenvalue weighted by Crippen LogP contribution is 2.22. The summed E-state index contributed by atoms with van der Waals surface area (Å²) in [7, 11) is 0. The molecule has 1 aromatic carbocycles. The van der Waals surface area contributed by atoms with E-state index in [0.717, 1.165) is 18.9 Å². The van der Waals surface area contributed by atoms with Crippen LogP contribution in [0.1, 0.15) is 58.6 Å². The number of piperidine rings is 1. The molecule has 1 saturated heterocycles. The Labute approximate surface area is 175 Å². The highest BCUT2D eigenvalue weighted by molar-refractivity contribution is 6.21. The first-order chi connectivity index (χ1) is 14.6. The second kappa shape index (κ2) is 9.02. The van der Waals surface area contributed by atoms with Crippen molar-refractivity contribution in [1.82, 2.24) is 20.2 Å². The third kappa shape index (κ3) is 4.32. The molecule has 0 unspecified atom stereocenters. The lowest BCUT2D eigenvalue weighted by Crippen LogP contribution is -2.32. The van der Waals surface area contributed by atoms with E-state index in [1.807, 2.05) is 6.07 Å². The van der Waals surface area contributed by atoms with Gasteiger partial charge < -0.3 is 10.2 Å². The minimum atomic E-state index is -0.293. The van der Waals surface area contributed by atoms with Crippen LogP contribution in [0.3, 0.4) is 0 Å². The first kappa shape index (κ1) is 20.0. The molecule has 3 heterocycles. The molecule has 4 rings (SSSR count). The molecule has 2 aliphatic rings. The Morgan fingerprint density at radius 3 is 2.40 bits per heavy atom. The highest BCUT2D eigenvalue weighted by atomic mass is 16.2. The Morgan fingerprint density at radius 2 is 1.70 bits per heavy atom. The number of amides is 3. The predicted molar refractivity (Wildman–Crippen MR) is 111 cm³/mol. The summed E-state index contributed by atoms with van der Waals surface area (Å²) in [5.74, 6) is 0.739. The van der Waals surface area contributed by atoms with Crippen molar-refractivity contribution in [2.75, 3.05) is 24.5 Å². The first-order valence-electron chi connectivity index (χ1n) is 10.4. The molecule has 30 heavy (non-hydrogen) atoms. The first-order valence-corrected chi connectivity index (χ1v) is 10.4. The molecule has 0 atom stereocenters. The van der Waals surface area contributed by atoms with Crippen LogP contribution in [0.15, 0.2) is 36.5 Å². The summed E-state index contributed by atoms with van der Waals surface area (Å²) in [6, 6.07) is 8.69. The summed E-state index contributed by atoms with van der Waals surface area (Å²) in [6.45, 7) is 2.48. The Hall–Kier alpha value is -3.29. The van der Waals surface area contributed by atoms with Crippen molar-refractivity contribution in [3.05, 3.63) is 53.5 Å². The number of hydrogen-bond acceptors (Lipinski definition) is 6. The van der Waals surface area contributed by atoms with Crippen LogP contribution in [-0.2, 0) is 11.3 Å². The van der Waals surface area contributed by atoms with Gasteiger partial charge in [0.1, 0.15) is 11.6 Å². The minimum absolute atomic E-state index is 0.154. The number of carbonyl (C=O) groups is 3. The maximum Gasteiger partial charge on any atom is 0.261 e. The average Bonchev–Trinajstić information content (AvgIpc) is 3.03. The van der Waals surface area contributed by atoms with Crippen LogP contribution in [-0.4, -0.2) is 52.2 Å². The number of nitrogens with zero attached hydrogens (tertiary/aromatic N) is 4. The number of hydrogen-bond donors (Lipinski definition) is 1. The summed E-state index contributed by atoms with van der Waals surface area (Å²) < 4.78 is 0. The van der Waals surface area contributed by atoms with Crippen LogP contribution in [0.4, 0.5) is 5.82 Å². The lowest BCUT2D eigenvalue weighted by Gasteiger charge is -2.27. The number of nitrogens with one attached hydrogen (secondary N) is 1. The SMILES string of the molecule is O=C(CCCN1C(=O)c2ccccc2C1=O)NCc1nccc(N2CCCCC2)n1. The van der Waals surface area contributed by atoms with E-state index in [-0.39, 0.29) is 37.2 Å². The van der Waals surface area contributed by atoms with Gasteiger partial charge in [-0.3, -0.25) is 19.3 Å². The Morgan fingerprint density at radius 1 is 1.00 bits per heavy atom. The normalized spacial score (nSPS) is 16.0. The Kier molecular flexibility index (Phi) is 6.02. The molecule has 3 amide bonds. The van der Waals surface area contributed by atoms with E-state index in [4.69, 9.17) is 0 Å². The maximum atomic E-state index is 12.3. The zero-order valence-electron chi connectivity index (χ0n) is 16.8. The number of benzene rings is 1. The Balaban J connectivity index is 1.23. The number of anilines is 1. The zero-order valence-corrected chi connectivity index (χ0v) is 16.8. The van der Waals surface area contributed by atoms with Crippen LogP contribution in [0.2, 0.25) is 0 Å². The van der Waals surface area contributed by atoms with E-state index in [0.29, 0.717) is 23.4 Å². The molecule has 0 spiro atoms. The van der Waals surface area contributed by atoms with Gasteiger partial charge in [0.25, 0.3) is 11.8 Å². The molecule has 156 valence electrons. The molecule has 0 aliphatic carbocycles. The summed E-state index contributed by atoms with van der Waals surface area (Å²) in [6.07, 6.45) is 5.95. The van der Waals surface area contributed by atoms with Crippen LogP contribution in [0.5, 0.6) is 0 Å². The quantitative estimate of drug-likeness (QED) is 0.707. The molecule has 0 saturated carbocycles. The molecule has 1 fully saturated rings. The van der Waals surface area contributed by atoms with Crippen LogP contribution < -0.4 is 10.2 Å². The van der Waals surface area contributed by atoms with Crippen LogP contribution in [0, 0.1) is 0 Å². The largest absolute Gasteiger partial charge is 0.357 e. The molecule has 1 N–H and O–H groups in total. The van der Waals surface area contributed by atoms with Crippen molar-refractivity contribution >= 4 is 23.5 Å². The standard InChI is InChI=1S/C22H25N5O3/c28-20(9-6-14-27-21(29)16-7-2-3-8-17(16)22(27)30)24-15-18-23-11-10-19(25-18)26-12-4-1-5-13-26/h2-3,7-8,10-11H,1,4-6,9,12-15H2,(H,24,28). The van der Waals surface area contributed by atoms with E-state index in [1.165, 1.54) is 24.2 Å². The molecular formula is C22H25N5O3. The van der Waals surface area contributed by atoms with Crippen LogP contribution >= 0.6 is 0 Å². The molecular weight excluding hydrogens is 382 g/mol. The summed E-state index contributed by atoms with van der Waals surface area (Å²) >= 11 is 0. The summed E-state index contributed by atoms with van der Waals surface area (Å²) in [5, 5.41) is 2.82. The van der Waals surface area contributed by atoms with Gasteiger partial charge in [0, 0.05) is 32.3 Å². The number of carbonyl (C=O) groups excluding carboxylic acids is 3. The second-order valence-electron chi connectivity index (χ2n) is 7.57. The minimum Gasteiger partial charge on any atom is -0.357 e. The van der Waals surface area contributed by atoms with Crippen molar-refractivity contribution < 1.29 is 14.4 Å². The van der Waals surface area contributed by atoms with E-state index in [1.54, 1.807) is 30.5 Å². The van der Waals surface area contributed by atoms with Gasteiger partial charge in [0.15, 0.2) is 0 Å². The fourth-order valence-corrected chi connectivity index (χ4v) is 3.88. The third-order valence-corrected chi connectivity index (χ3v) is 5.48. The topological polar surface area (TPSA) is 95.5 Å². The highest BCUT2D eigenvalue weighted by Gasteiger charge is 2.34. The van der Waals surface area contributed by atoms with Gasteiger partial charge in [0.2, 0.25) is 5.91 Å². The number of aromatic nitrogens is 2. The molecule has 0 bridgehead atoms. The van der Waals surface area contributed by atoms with Gasteiger partial charge in [-0.2, -0.15) is 0 Å². The predicted octanol–water partition coefficient (Wildman–Crippen LogP) is 2.16. The zero-order chi connectivity index (χ0) is 20.9. The monoisotopic (exact) mass is 407 g/mol. The van der Waals surface area contributed by atoms with Gasteiger partial charge in [-0.15, -0.1) is 0 Å². The van der Waals surface area contributed by atoms with Crippen molar-refractivity contribution in [3.63, 3.8) is 0 Å². The van der Waals surface area contributed by atoms with Crippen molar-refractivity contribution in [1.29, 1.82) is 0 Å².